The van der Waals surface area contributed by atoms with Crippen molar-refractivity contribution in [3.8, 4) is 0 Å². The summed E-state index contributed by atoms with van der Waals surface area (Å²) in [6.45, 7) is 2.69. The van der Waals surface area contributed by atoms with E-state index in [1.807, 2.05) is 6.92 Å². The lowest BCUT2D eigenvalue weighted by Crippen LogP contribution is -2.01. The first-order valence-electron chi connectivity index (χ1n) is 4.03. The Morgan fingerprint density at radius 2 is 2.20 bits per heavy atom. The van der Waals surface area contributed by atoms with Gasteiger partial charge in [0.1, 0.15) is 6.61 Å². The molecule has 0 atom stereocenters. The van der Waals surface area contributed by atoms with E-state index in [2.05, 4.69) is 5.16 Å². The van der Waals surface area contributed by atoms with E-state index in [4.69, 9.17) is 4.84 Å². The highest BCUT2D eigenvalue weighted by Gasteiger charge is 2.14. The molecule has 58 valence electrons. The van der Waals surface area contributed by atoms with Gasteiger partial charge in [-0.05, 0) is 25.7 Å². The molecule has 0 heterocycles. The van der Waals surface area contributed by atoms with Crippen LogP contribution in [-0.4, -0.2) is 12.8 Å². The van der Waals surface area contributed by atoms with Crippen LogP contribution in [0, 0.1) is 5.92 Å². The zero-order valence-corrected chi connectivity index (χ0v) is 6.55. The molecule has 0 saturated heterocycles. The molecule has 0 unspecified atom stereocenters. The Morgan fingerprint density at radius 1 is 1.50 bits per heavy atom. The molecule has 0 bridgehead atoms. The van der Waals surface area contributed by atoms with Gasteiger partial charge in [0.05, 0.1) is 0 Å². The van der Waals surface area contributed by atoms with Gasteiger partial charge in [-0.25, -0.2) is 0 Å². The number of nitrogens with zero attached hydrogens (tertiary/aromatic N) is 1. The second-order valence-electron chi connectivity index (χ2n) is 2.81. The zero-order chi connectivity index (χ0) is 7.23. The van der Waals surface area contributed by atoms with E-state index in [1.165, 1.54) is 25.7 Å². The fourth-order valence-electron chi connectivity index (χ4n) is 1.40. The van der Waals surface area contributed by atoms with Crippen LogP contribution in [-0.2, 0) is 4.84 Å². The summed E-state index contributed by atoms with van der Waals surface area (Å²) in [5, 5.41) is 3.71. The van der Waals surface area contributed by atoms with Crippen LogP contribution >= 0.6 is 0 Å². The summed E-state index contributed by atoms with van der Waals surface area (Å²) in [6, 6.07) is 0. The maximum atomic E-state index is 5.04. The summed E-state index contributed by atoms with van der Waals surface area (Å²) in [4.78, 5) is 5.04. The van der Waals surface area contributed by atoms with E-state index in [1.54, 1.807) is 6.21 Å². The molecular weight excluding hydrogens is 126 g/mol. The SMILES string of the molecule is C/C=N\OCC1CCCC1. The van der Waals surface area contributed by atoms with Gasteiger partial charge in [0.25, 0.3) is 0 Å². The molecule has 10 heavy (non-hydrogen) atoms. The zero-order valence-electron chi connectivity index (χ0n) is 6.55. The van der Waals surface area contributed by atoms with Gasteiger partial charge in [0.15, 0.2) is 0 Å². The van der Waals surface area contributed by atoms with Crippen LogP contribution in [0.5, 0.6) is 0 Å². The molecule has 0 N–H and O–H groups in total. The second kappa shape index (κ2) is 4.31. The monoisotopic (exact) mass is 141 g/mol. The number of oxime groups is 1. The predicted octanol–water partition coefficient (Wildman–Crippen LogP) is 2.20. The Kier molecular flexibility index (Phi) is 3.27. The van der Waals surface area contributed by atoms with Crippen LogP contribution in [0.2, 0.25) is 0 Å². The molecule has 0 aromatic heterocycles. The summed E-state index contributed by atoms with van der Waals surface area (Å²) >= 11 is 0. The van der Waals surface area contributed by atoms with Gasteiger partial charge < -0.3 is 4.84 Å². The van der Waals surface area contributed by atoms with Crippen LogP contribution in [0.3, 0.4) is 0 Å². The maximum Gasteiger partial charge on any atom is 0.120 e. The normalized spacial score (nSPS) is 20.5. The standard InChI is InChI=1S/C8H15NO/c1-2-9-10-7-8-5-3-4-6-8/h2,8H,3-7H2,1H3/b9-2-. The van der Waals surface area contributed by atoms with Crippen LogP contribution in [0.1, 0.15) is 32.6 Å². The van der Waals surface area contributed by atoms with Crippen molar-refractivity contribution >= 4 is 6.21 Å². The van der Waals surface area contributed by atoms with E-state index in [0.717, 1.165) is 12.5 Å². The van der Waals surface area contributed by atoms with E-state index in [0.29, 0.717) is 0 Å². The van der Waals surface area contributed by atoms with Gasteiger partial charge in [-0.2, -0.15) is 0 Å². The van der Waals surface area contributed by atoms with Gasteiger partial charge in [0.2, 0.25) is 0 Å². The third-order valence-electron chi connectivity index (χ3n) is 1.96. The van der Waals surface area contributed by atoms with Gasteiger partial charge in [-0.3, -0.25) is 0 Å². The van der Waals surface area contributed by atoms with Gasteiger partial charge in [-0.1, -0.05) is 18.0 Å². The first-order chi connectivity index (χ1) is 4.93. The van der Waals surface area contributed by atoms with Crippen molar-refractivity contribution in [3.05, 3.63) is 0 Å². The minimum atomic E-state index is 0.781. The van der Waals surface area contributed by atoms with Crippen LogP contribution < -0.4 is 0 Å². The molecule has 2 nitrogen and oxygen atoms in total. The predicted molar refractivity (Wildman–Crippen MR) is 42.1 cm³/mol. The highest BCUT2D eigenvalue weighted by molar-refractivity contribution is 5.52. The molecule has 1 aliphatic carbocycles. The van der Waals surface area contributed by atoms with E-state index in [9.17, 15) is 0 Å². The van der Waals surface area contributed by atoms with Crippen molar-refractivity contribution in [1.29, 1.82) is 0 Å². The summed E-state index contributed by atoms with van der Waals surface area (Å²) < 4.78 is 0. The first-order valence-corrected chi connectivity index (χ1v) is 4.03. The molecule has 0 aromatic rings. The average Bonchev–Trinajstić information content (AvgIpc) is 2.41. The highest BCUT2D eigenvalue weighted by atomic mass is 16.6. The summed E-state index contributed by atoms with van der Waals surface area (Å²) in [6.07, 6.45) is 7.11. The van der Waals surface area contributed by atoms with Gasteiger partial charge in [-0.15, -0.1) is 0 Å². The second-order valence-corrected chi connectivity index (χ2v) is 2.81. The molecule has 0 aromatic carbocycles. The quantitative estimate of drug-likeness (QED) is 0.436. The largest absolute Gasteiger partial charge is 0.396 e. The molecular formula is C8H15NO. The Labute approximate surface area is 62.3 Å². The molecule has 1 fully saturated rings. The Balaban J connectivity index is 2.01. The van der Waals surface area contributed by atoms with Gasteiger partial charge >= 0.3 is 0 Å². The van der Waals surface area contributed by atoms with Gasteiger partial charge in [0, 0.05) is 6.21 Å². The van der Waals surface area contributed by atoms with Crippen LogP contribution in [0.4, 0.5) is 0 Å². The molecule has 0 spiro atoms. The Morgan fingerprint density at radius 3 is 2.80 bits per heavy atom. The average molecular weight is 141 g/mol. The maximum absolute atomic E-state index is 5.04. The van der Waals surface area contributed by atoms with Crippen molar-refractivity contribution in [1.82, 2.24) is 0 Å². The lowest BCUT2D eigenvalue weighted by molar-refractivity contribution is 0.110. The number of hydrogen-bond donors (Lipinski definition) is 0. The molecule has 1 aliphatic rings. The first kappa shape index (κ1) is 7.58. The number of rotatable bonds is 3. The third kappa shape index (κ3) is 2.38. The van der Waals surface area contributed by atoms with Crippen molar-refractivity contribution in [2.75, 3.05) is 6.61 Å². The highest BCUT2D eigenvalue weighted by Crippen LogP contribution is 2.24. The lowest BCUT2D eigenvalue weighted by Gasteiger charge is -2.04. The van der Waals surface area contributed by atoms with Crippen molar-refractivity contribution in [3.63, 3.8) is 0 Å². The third-order valence-corrected chi connectivity index (χ3v) is 1.96. The Bertz CT molecular complexity index is 106. The van der Waals surface area contributed by atoms with E-state index >= 15 is 0 Å². The van der Waals surface area contributed by atoms with E-state index < -0.39 is 0 Å². The number of hydrogen-bond acceptors (Lipinski definition) is 2. The lowest BCUT2D eigenvalue weighted by atomic mass is 10.1. The molecule has 2 heteroatoms. The van der Waals surface area contributed by atoms with Crippen molar-refractivity contribution in [2.24, 2.45) is 11.1 Å². The molecule has 0 aliphatic heterocycles. The Hall–Kier alpha value is -0.530. The minimum Gasteiger partial charge on any atom is -0.396 e. The van der Waals surface area contributed by atoms with Crippen LogP contribution in [0.25, 0.3) is 0 Å². The molecule has 0 amide bonds. The van der Waals surface area contributed by atoms with E-state index in [-0.39, 0.29) is 0 Å². The summed E-state index contributed by atoms with van der Waals surface area (Å²) in [7, 11) is 0. The van der Waals surface area contributed by atoms with Crippen molar-refractivity contribution < 1.29 is 4.84 Å². The molecule has 1 saturated carbocycles. The molecule has 0 radical (unpaired) electrons. The smallest absolute Gasteiger partial charge is 0.120 e. The fourth-order valence-corrected chi connectivity index (χ4v) is 1.40. The van der Waals surface area contributed by atoms with Crippen molar-refractivity contribution in [2.45, 2.75) is 32.6 Å². The summed E-state index contributed by atoms with van der Waals surface area (Å²) in [5.74, 6) is 0.781. The van der Waals surface area contributed by atoms with Crippen LogP contribution in [0.15, 0.2) is 5.16 Å². The minimum absolute atomic E-state index is 0.781. The fraction of sp³-hybridized carbons (Fsp3) is 0.875. The molecule has 1 rings (SSSR count). The topological polar surface area (TPSA) is 21.6 Å². The summed E-state index contributed by atoms with van der Waals surface area (Å²) in [5.41, 5.74) is 0.